The number of para-hydroxylation sites is 1. The van der Waals surface area contributed by atoms with E-state index >= 15 is 0 Å². The molecular weight excluding hydrogens is 180 g/mol. The van der Waals surface area contributed by atoms with Crippen LogP contribution < -0.4 is 10.6 Å². The normalized spacial score (nSPS) is 11.5. The Labute approximate surface area is 82.3 Å². The van der Waals surface area contributed by atoms with Crippen molar-refractivity contribution in [2.24, 2.45) is 0 Å². The lowest BCUT2D eigenvalue weighted by Gasteiger charge is -2.08. The van der Waals surface area contributed by atoms with E-state index in [0.717, 1.165) is 0 Å². The van der Waals surface area contributed by atoms with Crippen molar-refractivity contribution in [3.63, 3.8) is 0 Å². The highest BCUT2D eigenvalue weighted by atomic mass is 16.2. The predicted octanol–water partition coefficient (Wildman–Crippen LogP) is 1.31. The van der Waals surface area contributed by atoms with Crippen LogP contribution in [-0.2, 0) is 4.79 Å². The van der Waals surface area contributed by atoms with Gasteiger partial charge in [-0.25, -0.2) is 4.79 Å². The van der Waals surface area contributed by atoms with Gasteiger partial charge in [0.15, 0.2) is 0 Å². The van der Waals surface area contributed by atoms with E-state index in [4.69, 9.17) is 0 Å². The van der Waals surface area contributed by atoms with Crippen molar-refractivity contribution in [3.05, 3.63) is 30.3 Å². The van der Waals surface area contributed by atoms with Gasteiger partial charge in [0.05, 0.1) is 6.04 Å². The molecule has 14 heavy (non-hydrogen) atoms. The Morgan fingerprint density at radius 1 is 1.36 bits per heavy atom. The van der Waals surface area contributed by atoms with Gasteiger partial charge in [-0.1, -0.05) is 18.2 Å². The van der Waals surface area contributed by atoms with Gasteiger partial charge in [-0.2, -0.15) is 0 Å². The Morgan fingerprint density at radius 2 is 2.00 bits per heavy atom. The summed E-state index contributed by atoms with van der Waals surface area (Å²) in [7, 11) is 0. The van der Waals surface area contributed by atoms with Crippen LogP contribution in [0.4, 0.5) is 10.5 Å². The molecule has 0 saturated carbocycles. The Balaban J connectivity index is 2.46. The molecule has 0 heterocycles. The quantitative estimate of drug-likeness (QED) is 0.756. The summed E-state index contributed by atoms with van der Waals surface area (Å²) in [6.45, 7) is 1.55. The third kappa shape index (κ3) is 3.26. The Kier molecular flexibility index (Phi) is 3.67. The van der Waals surface area contributed by atoms with Crippen molar-refractivity contribution in [2.45, 2.75) is 13.0 Å². The molecule has 2 amide bonds. The maximum atomic E-state index is 11.2. The molecule has 0 spiro atoms. The lowest BCUT2D eigenvalue weighted by atomic mass is 10.3. The fourth-order valence-corrected chi connectivity index (χ4v) is 0.915. The summed E-state index contributed by atoms with van der Waals surface area (Å²) in [6, 6.07) is 7.98. The van der Waals surface area contributed by atoms with Crippen LogP contribution in [0.25, 0.3) is 0 Å². The number of urea groups is 1. The second-order valence-corrected chi connectivity index (χ2v) is 2.80. The number of carbonyl (C=O) groups excluding carboxylic acids is 2. The van der Waals surface area contributed by atoms with E-state index in [-0.39, 0.29) is 0 Å². The summed E-state index contributed by atoms with van der Waals surface area (Å²) in [5, 5.41) is 4.98. The van der Waals surface area contributed by atoms with Gasteiger partial charge in [0.25, 0.3) is 0 Å². The zero-order chi connectivity index (χ0) is 10.4. The molecule has 0 aliphatic heterocycles. The average molecular weight is 191 g/mol. The Morgan fingerprint density at radius 3 is 2.57 bits per heavy atom. The molecule has 0 fully saturated rings. The number of benzene rings is 1. The number of hydrogen-bond acceptors (Lipinski definition) is 2. The molecule has 0 aromatic heterocycles. The van der Waals surface area contributed by atoms with E-state index in [0.29, 0.717) is 5.69 Å². The zero-order valence-corrected chi connectivity index (χ0v) is 7.78. The van der Waals surface area contributed by atoms with E-state index in [1.807, 2.05) is 18.2 Å². The molecule has 1 unspecified atom stereocenters. The van der Waals surface area contributed by atoms with E-state index < -0.39 is 12.1 Å². The molecule has 1 aromatic carbocycles. The first kappa shape index (κ1) is 10.2. The van der Waals surface area contributed by atoms with Crippen LogP contribution in [0.1, 0.15) is 6.92 Å². The highest BCUT2D eigenvalue weighted by Crippen LogP contribution is 2.03. The minimum absolute atomic E-state index is 0.410. The monoisotopic (exact) mass is 191 g/mol. The third-order valence-corrected chi connectivity index (χ3v) is 1.56. The van der Waals surface area contributed by atoms with Gasteiger partial charge in [-0.3, -0.25) is 4.79 Å². The predicted molar refractivity (Wildman–Crippen MR) is 53.8 cm³/mol. The van der Waals surface area contributed by atoms with Gasteiger partial charge in [0, 0.05) is 5.69 Å². The molecule has 1 radical (unpaired) electrons. The topological polar surface area (TPSA) is 58.2 Å². The summed E-state index contributed by atoms with van der Waals surface area (Å²) in [6.07, 6.45) is 1.66. The van der Waals surface area contributed by atoms with E-state index in [9.17, 15) is 9.59 Å². The van der Waals surface area contributed by atoms with Crippen molar-refractivity contribution in [2.75, 3.05) is 5.32 Å². The van der Waals surface area contributed by atoms with Crippen LogP contribution in [0.2, 0.25) is 0 Å². The molecule has 1 rings (SSSR count). The minimum Gasteiger partial charge on any atom is -0.328 e. The number of hydrogen-bond donors (Lipinski definition) is 2. The summed E-state index contributed by atoms with van der Waals surface area (Å²) in [5.41, 5.74) is 0.683. The Hall–Kier alpha value is -1.84. The average Bonchev–Trinajstić information content (AvgIpc) is 2.19. The molecule has 0 bridgehead atoms. The fraction of sp³-hybridized carbons (Fsp3) is 0.200. The summed E-state index contributed by atoms with van der Waals surface area (Å²) in [4.78, 5) is 21.3. The van der Waals surface area contributed by atoms with Gasteiger partial charge >= 0.3 is 6.03 Å². The first-order chi connectivity index (χ1) is 6.72. The second kappa shape index (κ2) is 5.01. The summed E-state index contributed by atoms with van der Waals surface area (Å²) < 4.78 is 0. The van der Waals surface area contributed by atoms with Crippen LogP contribution >= 0.6 is 0 Å². The maximum absolute atomic E-state index is 11.2. The molecule has 1 atom stereocenters. The van der Waals surface area contributed by atoms with E-state index in [2.05, 4.69) is 10.6 Å². The van der Waals surface area contributed by atoms with Crippen LogP contribution in [0, 0.1) is 0 Å². The van der Waals surface area contributed by atoms with Crippen molar-refractivity contribution < 1.29 is 9.59 Å². The first-order valence-corrected chi connectivity index (χ1v) is 4.22. The highest BCUT2D eigenvalue weighted by molar-refractivity contribution is 5.90. The lowest BCUT2D eigenvalue weighted by Crippen LogP contribution is -2.36. The molecule has 2 N–H and O–H groups in total. The number of nitrogens with one attached hydrogen (secondary N) is 2. The Bertz CT molecular complexity index is 311. The molecule has 73 valence electrons. The van der Waals surface area contributed by atoms with Gasteiger partial charge < -0.3 is 10.6 Å². The first-order valence-electron chi connectivity index (χ1n) is 4.22. The molecule has 1 aromatic rings. The summed E-state index contributed by atoms with van der Waals surface area (Å²) >= 11 is 0. The van der Waals surface area contributed by atoms with Crippen molar-refractivity contribution in [1.29, 1.82) is 0 Å². The van der Waals surface area contributed by atoms with Crippen LogP contribution in [-0.4, -0.2) is 18.4 Å². The number of amides is 2. The smallest absolute Gasteiger partial charge is 0.319 e. The molecule has 4 heteroatoms. The molecule has 4 nitrogen and oxygen atoms in total. The fourth-order valence-electron chi connectivity index (χ4n) is 0.915. The second-order valence-electron chi connectivity index (χ2n) is 2.80. The van der Waals surface area contributed by atoms with Gasteiger partial charge in [-0.05, 0) is 19.1 Å². The van der Waals surface area contributed by atoms with Gasteiger partial charge in [0.1, 0.15) is 0 Å². The van der Waals surface area contributed by atoms with Crippen LogP contribution in [0.5, 0.6) is 0 Å². The molecule has 0 aliphatic carbocycles. The van der Waals surface area contributed by atoms with Crippen LogP contribution in [0.15, 0.2) is 30.3 Å². The van der Waals surface area contributed by atoms with Crippen molar-refractivity contribution >= 4 is 18.0 Å². The molecule has 0 saturated heterocycles. The maximum Gasteiger partial charge on any atom is 0.319 e. The van der Waals surface area contributed by atoms with Gasteiger partial charge in [-0.15, -0.1) is 0 Å². The van der Waals surface area contributed by atoms with E-state index in [1.165, 1.54) is 0 Å². The third-order valence-electron chi connectivity index (χ3n) is 1.56. The van der Waals surface area contributed by atoms with Gasteiger partial charge in [0.2, 0.25) is 6.29 Å². The standard InChI is InChI=1S/C10H11N2O2/c1-8(7-13)11-10(14)12-9-5-3-2-4-6-9/h2-6,8H,1H3,(H2,11,12,14). The van der Waals surface area contributed by atoms with Crippen molar-refractivity contribution in [1.82, 2.24) is 5.32 Å². The molecular formula is C10H11N2O2. The molecule has 0 aliphatic rings. The minimum atomic E-state index is -0.598. The lowest BCUT2D eigenvalue weighted by molar-refractivity contribution is 0.251. The number of rotatable bonds is 3. The zero-order valence-electron chi connectivity index (χ0n) is 7.78. The van der Waals surface area contributed by atoms with Crippen molar-refractivity contribution in [3.8, 4) is 0 Å². The summed E-state index contributed by atoms with van der Waals surface area (Å²) in [5.74, 6) is 0. The van der Waals surface area contributed by atoms with Crippen LogP contribution in [0.3, 0.4) is 0 Å². The van der Waals surface area contributed by atoms with E-state index in [1.54, 1.807) is 25.3 Å². The largest absolute Gasteiger partial charge is 0.328 e. The number of anilines is 1. The highest BCUT2D eigenvalue weighted by Gasteiger charge is 2.05. The SMILES string of the molecule is CC([C]=O)NC(=O)Nc1ccccc1. The number of carbonyl (C=O) groups is 1.